The summed E-state index contributed by atoms with van der Waals surface area (Å²) in [7, 11) is 0. The van der Waals surface area contributed by atoms with Gasteiger partial charge in [-0.3, -0.25) is 15.0 Å². The molecule has 2 aromatic carbocycles. The second-order valence-corrected chi connectivity index (χ2v) is 9.16. The van der Waals surface area contributed by atoms with Crippen molar-refractivity contribution in [3.05, 3.63) is 75.8 Å². The van der Waals surface area contributed by atoms with Gasteiger partial charge in [-0.1, -0.05) is 31.2 Å². The number of hydrogen-bond donors (Lipinski definition) is 1. The van der Waals surface area contributed by atoms with E-state index in [1.165, 1.54) is 4.88 Å². The number of hydrogen-bond acceptors (Lipinski definition) is 6. The fourth-order valence-corrected chi connectivity index (χ4v) is 5.40. The highest BCUT2D eigenvalue weighted by atomic mass is 32.2. The number of aromatic nitrogens is 1. The summed E-state index contributed by atoms with van der Waals surface area (Å²) in [5.74, 6) is 0.602. The van der Waals surface area contributed by atoms with Crippen LogP contribution in [0.5, 0.6) is 0 Å². The van der Waals surface area contributed by atoms with Crippen LogP contribution in [0.25, 0.3) is 0 Å². The Morgan fingerprint density at radius 2 is 2.07 bits per heavy atom. The summed E-state index contributed by atoms with van der Waals surface area (Å²) < 4.78 is 0. The minimum atomic E-state index is -0.128. The Labute approximate surface area is 184 Å². The van der Waals surface area contributed by atoms with E-state index in [1.807, 2.05) is 48.5 Å². The smallest absolute Gasteiger partial charge is 0.258 e. The Kier molecular flexibility index (Phi) is 6.48. The normalized spacial score (nSPS) is 13.5. The Hall–Kier alpha value is -2.66. The molecule has 0 fully saturated rings. The number of amides is 1. The standard InChI is InChI=1S/C23H22N4OS2/c1-2-27-12-11-19-21(14-27)30-23(25-19)26-22(28)18-5-3-4-6-20(18)29-15-17-9-7-16(13-24)8-10-17/h3-10H,2,11-12,14-15H2,1H3,(H,25,26,28). The van der Waals surface area contributed by atoms with Crippen LogP contribution < -0.4 is 5.32 Å². The van der Waals surface area contributed by atoms with E-state index in [-0.39, 0.29) is 5.91 Å². The fourth-order valence-electron chi connectivity index (χ4n) is 3.35. The number of carbonyl (C=O) groups is 1. The largest absolute Gasteiger partial charge is 0.298 e. The van der Waals surface area contributed by atoms with Gasteiger partial charge in [0.1, 0.15) is 0 Å². The Morgan fingerprint density at radius 3 is 2.83 bits per heavy atom. The molecule has 0 unspecified atom stereocenters. The van der Waals surface area contributed by atoms with E-state index >= 15 is 0 Å². The molecule has 1 N–H and O–H groups in total. The molecule has 1 aliphatic rings. The van der Waals surface area contributed by atoms with Crippen LogP contribution in [0.2, 0.25) is 0 Å². The summed E-state index contributed by atoms with van der Waals surface area (Å²) in [6.45, 7) is 5.13. The topological polar surface area (TPSA) is 69.0 Å². The predicted molar refractivity (Wildman–Crippen MR) is 122 cm³/mol. The third-order valence-electron chi connectivity index (χ3n) is 5.09. The number of thioether (sulfide) groups is 1. The van der Waals surface area contributed by atoms with Crippen LogP contribution in [0, 0.1) is 11.3 Å². The summed E-state index contributed by atoms with van der Waals surface area (Å²) in [6, 6.07) is 17.3. The van der Waals surface area contributed by atoms with Crippen molar-refractivity contribution in [1.82, 2.24) is 9.88 Å². The van der Waals surface area contributed by atoms with Crippen LogP contribution in [0.1, 0.15) is 39.0 Å². The van der Waals surface area contributed by atoms with Gasteiger partial charge in [0.25, 0.3) is 5.91 Å². The maximum Gasteiger partial charge on any atom is 0.258 e. The maximum absolute atomic E-state index is 13.0. The van der Waals surface area contributed by atoms with Gasteiger partial charge in [-0.15, -0.1) is 23.1 Å². The Bertz CT molecular complexity index is 1090. The zero-order valence-electron chi connectivity index (χ0n) is 16.7. The number of thiazole rings is 1. The fraction of sp³-hybridized carbons (Fsp3) is 0.261. The molecule has 1 aromatic heterocycles. The molecule has 3 aromatic rings. The third-order valence-corrected chi connectivity index (χ3v) is 7.23. The minimum absolute atomic E-state index is 0.128. The van der Waals surface area contributed by atoms with Crippen molar-refractivity contribution in [1.29, 1.82) is 5.26 Å². The molecule has 7 heteroatoms. The number of nitriles is 1. The van der Waals surface area contributed by atoms with E-state index in [4.69, 9.17) is 5.26 Å². The first-order chi connectivity index (χ1) is 14.7. The van der Waals surface area contributed by atoms with Crippen LogP contribution >= 0.6 is 23.1 Å². The summed E-state index contributed by atoms with van der Waals surface area (Å²) >= 11 is 3.19. The van der Waals surface area contributed by atoms with E-state index in [9.17, 15) is 4.79 Å². The zero-order chi connectivity index (χ0) is 20.9. The van der Waals surface area contributed by atoms with Crippen molar-refractivity contribution in [3.63, 3.8) is 0 Å². The number of rotatable bonds is 6. The molecule has 0 bridgehead atoms. The van der Waals surface area contributed by atoms with Crippen molar-refractivity contribution >= 4 is 34.1 Å². The van der Waals surface area contributed by atoms with Crippen molar-refractivity contribution in [2.45, 2.75) is 30.5 Å². The number of likely N-dealkylation sites (N-methyl/N-ethyl adjacent to an activating group) is 1. The summed E-state index contributed by atoms with van der Waals surface area (Å²) in [5.41, 5.74) is 3.53. The number of benzene rings is 2. The van der Waals surface area contributed by atoms with Crippen LogP contribution in [0.4, 0.5) is 5.13 Å². The van der Waals surface area contributed by atoms with E-state index in [2.05, 4.69) is 28.2 Å². The zero-order valence-corrected chi connectivity index (χ0v) is 18.4. The summed E-state index contributed by atoms with van der Waals surface area (Å²) in [6.07, 6.45) is 0.937. The van der Waals surface area contributed by atoms with Crippen LogP contribution in [-0.2, 0) is 18.7 Å². The van der Waals surface area contributed by atoms with Crippen molar-refractivity contribution in [3.8, 4) is 6.07 Å². The van der Waals surface area contributed by atoms with Gasteiger partial charge in [0.2, 0.25) is 0 Å². The SMILES string of the molecule is CCN1CCc2nc(NC(=O)c3ccccc3SCc3ccc(C#N)cc3)sc2C1. The Morgan fingerprint density at radius 1 is 1.27 bits per heavy atom. The molecule has 5 nitrogen and oxygen atoms in total. The number of fused-ring (bicyclic) bond motifs is 1. The molecule has 2 heterocycles. The van der Waals surface area contributed by atoms with Crippen LogP contribution in [-0.4, -0.2) is 28.9 Å². The number of nitrogens with one attached hydrogen (secondary N) is 1. The molecule has 0 saturated heterocycles. The molecule has 4 rings (SSSR count). The van der Waals surface area contributed by atoms with E-state index in [0.29, 0.717) is 16.3 Å². The van der Waals surface area contributed by atoms with Crippen LogP contribution in [0.15, 0.2) is 53.4 Å². The van der Waals surface area contributed by atoms with E-state index in [1.54, 1.807) is 23.1 Å². The minimum Gasteiger partial charge on any atom is -0.298 e. The van der Waals surface area contributed by atoms with Gasteiger partial charge in [-0.25, -0.2) is 4.98 Å². The molecule has 0 atom stereocenters. The highest BCUT2D eigenvalue weighted by Crippen LogP contribution is 2.30. The monoisotopic (exact) mass is 434 g/mol. The van der Waals surface area contributed by atoms with Crippen molar-refractivity contribution < 1.29 is 4.79 Å². The maximum atomic E-state index is 13.0. The molecule has 0 radical (unpaired) electrons. The highest BCUT2D eigenvalue weighted by molar-refractivity contribution is 7.98. The van der Waals surface area contributed by atoms with Gasteiger partial charge in [-0.05, 0) is 36.4 Å². The van der Waals surface area contributed by atoms with Gasteiger partial charge in [-0.2, -0.15) is 5.26 Å². The van der Waals surface area contributed by atoms with Gasteiger partial charge in [0, 0.05) is 35.0 Å². The molecule has 30 heavy (non-hydrogen) atoms. The lowest BCUT2D eigenvalue weighted by Gasteiger charge is -2.23. The molecular formula is C23H22N4OS2. The molecule has 0 spiro atoms. The molecule has 0 aliphatic carbocycles. The van der Waals surface area contributed by atoms with Crippen LogP contribution in [0.3, 0.4) is 0 Å². The van der Waals surface area contributed by atoms with Gasteiger partial charge < -0.3 is 0 Å². The number of anilines is 1. The molecule has 152 valence electrons. The number of nitrogens with zero attached hydrogens (tertiary/aromatic N) is 3. The Balaban J connectivity index is 1.45. The van der Waals surface area contributed by atoms with Gasteiger partial charge in [0.05, 0.1) is 22.9 Å². The lowest BCUT2D eigenvalue weighted by molar-refractivity contribution is 0.102. The lowest BCUT2D eigenvalue weighted by atomic mass is 10.2. The first kappa shape index (κ1) is 20.6. The van der Waals surface area contributed by atoms with Crippen molar-refractivity contribution in [2.75, 3.05) is 18.4 Å². The van der Waals surface area contributed by atoms with Gasteiger partial charge in [0.15, 0.2) is 5.13 Å². The third kappa shape index (κ3) is 4.73. The lowest BCUT2D eigenvalue weighted by Crippen LogP contribution is -2.29. The summed E-state index contributed by atoms with van der Waals surface area (Å²) in [5, 5.41) is 12.6. The molecule has 1 aliphatic heterocycles. The molecule has 1 amide bonds. The molecular weight excluding hydrogens is 412 g/mol. The summed E-state index contributed by atoms with van der Waals surface area (Å²) in [4.78, 5) is 22.2. The average Bonchev–Trinajstić information content (AvgIpc) is 3.19. The van der Waals surface area contributed by atoms with E-state index < -0.39 is 0 Å². The van der Waals surface area contributed by atoms with Crippen molar-refractivity contribution in [2.24, 2.45) is 0 Å². The van der Waals surface area contributed by atoms with E-state index in [0.717, 1.165) is 48.0 Å². The molecule has 0 saturated carbocycles. The van der Waals surface area contributed by atoms with Gasteiger partial charge >= 0.3 is 0 Å². The predicted octanol–water partition coefficient (Wildman–Crippen LogP) is 4.94. The first-order valence-corrected chi connectivity index (χ1v) is 11.7. The average molecular weight is 435 g/mol. The second-order valence-electron chi connectivity index (χ2n) is 7.06. The first-order valence-electron chi connectivity index (χ1n) is 9.89. The highest BCUT2D eigenvalue weighted by Gasteiger charge is 2.21. The number of carbonyl (C=O) groups excluding carboxylic acids is 1. The quantitative estimate of drug-likeness (QED) is 0.557. The second kappa shape index (κ2) is 9.43.